The van der Waals surface area contributed by atoms with Gasteiger partial charge in [0.2, 0.25) is 0 Å². The number of benzene rings is 1. The van der Waals surface area contributed by atoms with Crippen molar-refractivity contribution in [3.8, 4) is 0 Å². The minimum atomic E-state index is -0.382. The number of hydrogen-bond acceptors (Lipinski definition) is 3. The van der Waals surface area contributed by atoms with Crippen LogP contribution < -0.4 is 5.32 Å². The van der Waals surface area contributed by atoms with Crippen molar-refractivity contribution in [3.05, 3.63) is 62.9 Å². The third-order valence-electron chi connectivity index (χ3n) is 4.69. The molecule has 142 valence electrons. The van der Waals surface area contributed by atoms with E-state index in [-0.39, 0.29) is 11.7 Å². The number of nitrogens with zero attached hydrogens (tertiary/aromatic N) is 4. The minimum Gasteiger partial charge on any atom is -0.319 e. The minimum absolute atomic E-state index is 0.219. The maximum absolute atomic E-state index is 13.2. The highest BCUT2D eigenvalue weighted by Crippen LogP contribution is 2.24. The topological polar surface area (TPSA) is 64.7 Å². The van der Waals surface area contributed by atoms with E-state index in [4.69, 9.17) is 11.6 Å². The molecule has 0 fully saturated rings. The first-order chi connectivity index (χ1) is 12.7. The first-order valence-corrected chi connectivity index (χ1v) is 8.86. The van der Waals surface area contributed by atoms with E-state index >= 15 is 0 Å². The van der Waals surface area contributed by atoms with Gasteiger partial charge in [-0.15, -0.1) is 0 Å². The maximum Gasteiger partial charge on any atom is 0.259 e. The summed E-state index contributed by atoms with van der Waals surface area (Å²) in [5, 5.41) is 12.1. The van der Waals surface area contributed by atoms with Crippen molar-refractivity contribution in [1.82, 2.24) is 19.6 Å². The van der Waals surface area contributed by atoms with E-state index < -0.39 is 0 Å². The summed E-state index contributed by atoms with van der Waals surface area (Å²) < 4.78 is 16.7. The van der Waals surface area contributed by atoms with Gasteiger partial charge in [-0.1, -0.05) is 17.7 Å². The molecule has 2 heterocycles. The summed E-state index contributed by atoms with van der Waals surface area (Å²) >= 11 is 6.12. The van der Waals surface area contributed by atoms with Gasteiger partial charge in [0.15, 0.2) is 0 Å². The van der Waals surface area contributed by atoms with Gasteiger partial charge in [-0.2, -0.15) is 10.2 Å². The summed E-state index contributed by atoms with van der Waals surface area (Å²) in [4.78, 5) is 12.8. The fourth-order valence-electron chi connectivity index (χ4n) is 3.12. The van der Waals surface area contributed by atoms with E-state index in [0.29, 0.717) is 34.2 Å². The van der Waals surface area contributed by atoms with E-state index in [9.17, 15) is 9.18 Å². The average molecular weight is 390 g/mol. The number of rotatable bonds is 4. The third kappa shape index (κ3) is 3.60. The molecule has 0 aliphatic carbocycles. The van der Waals surface area contributed by atoms with Gasteiger partial charge in [0, 0.05) is 17.8 Å². The zero-order chi connectivity index (χ0) is 19.9. The standard InChI is InChI=1S/C19H21ClFN5O/c1-10-17(12(3)25(5)23-10)19(27)22-18-11(2)24-26(13(18)4)9-14-6-7-15(21)8-16(14)20/h6-8H,9H2,1-5H3,(H,22,27). The van der Waals surface area contributed by atoms with E-state index in [0.717, 1.165) is 17.0 Å². The van der Waals surface area contributed by atoms with Crippen molar-refractivity contribution in [2.45, 2.75) is 34.2 Å². The molecule has 1 amide bonds. The Labute approximate surface area is 161 Å². The fraction of sp³-hybridized carbons (Fsp3) is 0.316. The van der Waals surface area contributed by atoms with Gasteiger partial charge >= 0.3 is 0 Å². The Balaban J connectivity index is 1.88. The zero-order valence-electron chi connectivity index (χ0n) is 15.9. The molecular weight excluding hydrogens is 369 g/mol. The van der Waals surface area contributed by atoms with Gasteiger partial charge in [0.05, 0.1) is 34.9 Å². The molecule has 1 N–H and O–H groups in total. The van der Waals surface area contributed by atoms with Crippen LogP contribution in [0, 0.1) is 33.5 Å². The third-order valence-corrected chi connectivity index (χ3v) is 5.04. The number of hydrogen-bond donors (Lipinski definition) is 1. The fourth-order valence-corrected chi connectivity index (χ4v) is 3.35. The molecule has 0 aliphatic heterocycles. The van der Waals surface area contributed by atoms with Crippen molar-refractivity contribution in [1.29, 1.82) is 0 Å². The predicted molar refractivity (Wildman–Crippen MR) is 103 cm³/mol. The van der Waals surface area contributed by atoms with Crippen LogP contribution in [0.2, 0.25) is 5.02 Å². The monoisotopic (exact) mass is 389 g/mol. The quantitative estimate of drug-likeness (QED) is 0.735. The summed E-state index contributed by atoms with van der Waals surface area (Å²) in [6, 6.07) is 4.28. The second-order valence-electron chi connectivity index (χ2n) is 6.56. The van der Waals surface area contributed by atoms with Gasteiger partial charge in [0.1, 0.15) is 5.82 Å². The average Bonchev–Trinajstić information content (AvgIpc) is 2.99. The van der Waals surface area contributed by atoms with Gasteiger partial charge in [-0.25, -0.2) is 4.39 Å². The highest BCUT2D eigenvalue weighted by Gasteiger charge is 2.21. The molecule has 0 atom stereocenters. The number of anilines is 1. The largest absolute Gasteiger partial charge is 0.319 e. The lowest BCUT2D eigenvalue weighted by Gasteiger charge is -2.09. The van der Waals surface area contributed by atoms with Crippen LogP contribution in [0.15, 0.2) is 18.2 Å². The molecule has 3 rings (SSSR count). The number of carbonyl (C=O) groups excluding carboxylic acids is 1. The summed E-state index contributed by atoms with van der Waals surface area (Å²) in [6.45, 7) is 7.74. The molecule has 3 aromatic rings. The zero-order valence-corrected chi connectivity index (χ0v) is 16.6. The van der Waals surface area contributed by atoms with Crippen LogP contribution in [0.3, 0.4) is 0 Å². The molecule has 0 saturated carbocycles. The summed E-state index contributed by atoms with van der Waals surface area (Å²) in [7, 11) is 1.81. The molecule has 0 radical (unpaired) electrons. The SMILES string of the molecule is Cc1nn(Cc2ccc(F)cc2Cl)c(C)c1NC(=O)c1c(C)nn(C)c1C. The van der Waals surface area contributed by atoms with Gasteiger partial charge in [0.25, 0.3) is 5.91 Å². The van der Waals surface area contributed by atoms with E-state index in [1.54, 1.807) is 22.5 Å². The Kier molecular flexibility index (Phi) is 5.06. The lowest BCUT2D eigenvalue weighted by molar-refractivity contribution is 0.102. The molecule has 0 saturated heterocycles. The van der Waals surface area contributed by atoms with Crippen LogP contribution in [0.5, 0.6) is 0 Å². The van der Waals surface area contributed by atoms with E-state index in [1.165, 1.54) is 12.1 Å². The van der Waals surface area contributed by atoms with Crippen molar-refractivity contribution < 1.29 is 9.18 Å². The number of carbonyl (C=O) groups is 1. The number of amides is 1. The van der Waals surface area contributed by atoms with Gasteiger partial charge < -0.3 is 5.32 Å². The lowest BCUT2D eigenvalue weighted by atomic mass is 10.1. The molecule has 27 heavy (non-hydrogen) atoms. The van der Waals surface area contributed by atoms with Crippen molar-refractivity contribution in [3.63, 3.8) is 0 Å². The Morgan fingerprint density at radius 2 is 1.85 bits per heavy atom. The Morgan fingerprint density at radius 3 is 2.44 bits per heavy atom. The molecule has 0 unspecified atom stereocenters. The van der Waals surface area contributed by atoms with Crippen molar-refractivity contribution in [2.24, 2.45) is 7.05 Å². The highest BCUT2D eigenvalue weighted by atomic mass is 35.5. The number of aryl methyl sites for hydroxylation is 3. The first-order valence-electron chi connectivity index (χ1n) is 8.48. The Hall–Kier alpha value is -2.67. The van der Waals surface area contributed by atoms with E-state index in [2.05, 4.69) is 15.5 Å². The molecular formula is C19H21ClFN5O. The van der Waals surface area contributed by atoms with Crippen LogP contribution >= 0.6 is 11.6 Å². The van der Waals surface area contributed by atoms with Crippen molar-refractivity contribution >= 4 is 23.2 Å². The number of nitrogens with one attached hydrogen (secondary N) is 1. The van der Waals surface area contributed by atoms with Crippen LogP contribution in [-0.4, -0.2) is 25.5 Å². The second kappa shape index (κ2) is 7.15. The molecule has 2 aromatic heterocycles. The molecule has 0 aliphatic rings. The van der Waals surface area contributed by atoms with Crippen LogP contribution in [0.25, 0.3) is 0 Å². The summed E-state index contributed by atoms with van der Waals surface area (Å²) in [5.74, 6) is -0.601. The van der Waals surface area contributed by atoms with Crippen molar-refractivity contribution in [2.75, 3.05) is 5.32 Å². The molecule has 0 spiro atoms. The Morgan fingerprint density at radius 1 is 1.15 bits per heavy atom. The summed E-state index contributed by atoms with van der Waals surface area (Å²) in [6.07, 6.45) is 0. The second-order valence-corrected chi connectivity index (χ2v) is 6.97. The number of halogens is 2. The Bertz CT molecular complexity index is 1040. The molecule has 8 heteroatoms. The number of aromatic nitrogens is 4. The maximum atomic E-state index is 13.2. The molecule has 6 nitrogen and oxygen atoms in total. The highest BCUT2D eigenvalue weighted by molar-refractivity contribution is 6.31. The van der Waals surface area contributed by atoms with E-state index in [1.807, 2.05) is 27.7 Å². The van der Waals surface area contributed by atoms with Gasteiger partial charge in [-0.3, -0.25) is 14.2 Å². The predicted octanol–water partition coefficient (Wildman–Crippen LogP) is 3.94. The lowest BCUT2D eigenvalue weighted by Crippen LogP contribution is -2.15. The van der Waals surface area contributed by atoms with Gasteiger partial charge in [-0.05, 0) is 45.4 Å². The van der Waals surface area contributed by atoms with Crippen LogP contribution in [0.4, 0.5) is 10.1 Å². The normalized spacial score (nSPS) is 11.1. The summed E-state index contributed by atoms with van der Waals surface area (Å²) in [5.41, 5.74) is 4.92. The smallest absolute Gasteiger partial charge is 0.259 e. The molecule has 0 bridgehead atoms. The van der Waals surface area contributed by atoms with Crippen LogP contribution in [-0.2, 0) is 13.6 Å². The van der Waals surface area contributed by atoms with Crippen LogP contribution in [0.1, 0.15) is 38.7 Å². The molecule has 1 aromatic carbocycles. The first kappa shape index (κ1) is 19.1.